The Morgan fingerprint density at radius 3 is 2.20 bits per heavy atom. The van der Waals surface area contributed by atoms with Gasteiger partial charge in [0.05, 0.1) is 6.61 Å². The van der Waals surface area contributed by atoms with Crippen LogP contribution in [0.4, 0.5) is 5.69 Å². The Balaban J connectivity index is 1.49. The van der Waals surface area contributed by atoms with Crippen molar-refractivity contribution in [2.45, 2.75) is 32.3 Å². The lowest BCUT2D eigenvalue weighted by Crippen LogP contribution is -2.38. The highest BCUT2D eigenvalue weighted by atomic mass is 16.3. The van der Waals surface area contributed by atoms with E-state index in [0.29, 0.717) is 0 Å². The molecular formula is C17H26N2O. The van der Waals surface area contributed by atoms with Crippen LogP contribution in [0, 0.1) is 5.92 Å². The number of aliphatic hydroxyl groups is 1. The molecule has 0 aromatic heterocycles. The van der Waals surface area contributed by atoms with Crippen molar-refractivity contribution in [1.82, 2.24) is 4.90 Å². The van der Waals surface area contributed by atoms with E-state index in [9.17, 15) is 0 Å². The second-order valence-electron chi connectivity index (χ2n) is 6.26. The molecule has 1 aromatic carbocycles. The van der Waals surface area contributed by atoms with Gasteiger partial charge in [-0.25, -0.2) is 0 Å². The minimum absolute atomic E-state index is 0.137. The summed E-state index contributed by atoms with van der Waals surface area (Å²) in [4.78, 5) is 5.14. The molecule has 0 saturated carbocycles. The van der Waals surface area contributed by atoms with Crippen LogP contribution in [-0.2, 0) is 6.61 Å². The highest BCUT2D eigenvalue weighted by Crippen LogP contribution is 2.25. The van der Waals surface area contributed by atoms with Crippen LogP contribution >= 0.6 is 0 Å². The minimum atomic E-state index is 0.137. The van der Waals surface area contributed by atoms with Crippen molar-refractivity contribution in [2.24, 2.45) is 5.92 Å². The second kappa shape index (κ2) is 6.59. The van der Waals surface area contributed by atoms with Gasteiger partial charge in [0.2, 0.25) is 0 Å². The summed E-state index contributed by atoms with van der Waals surface area (Å²) in [6, 6.07) is 8.36. The number of hydrogen-bond acceptors (Lipinski definition) is 3. The molecule has 0 amide bonds. The molecule has 1 N–H and O–H groups in total. The second-order valence-corrected chi connectivity index (χ2v) is 6.26. The number of benzene rings is 1. The third kappa shape index (κ3) is 3.33. The summed E-state index contributed by atoms with van der Waals surface area (Å²) in [6.45, 7) is 6.45. The van der Waals surface area contributed by atoms with Crippen LogP contribution in [0.2, 0.25) is 0 Å². The molecule has 2 aliphatic rings. The monoisotopic (exact) mass is 274 g/mol. The highest BCUT2D eigenvalue weighted by molar-refractivity contribution is 5.47. The van der Waals surface area contributed by atoms with E-state index in [4.69, 9.17) is 5.11 Å². The van der Waals surface area contributed by atoms with Crippen molar-refractivity contribution in [2.75, 3.05) is 37.6 Å². The third-order valence-electron chi connectivity index (χ3n) is 4.81. The fourth-order valence-corrected chi connectivity index (χ4v) is 3.52. The number of hydrogen-bond donors (Lipinski definition) is 1. The predicted molar refractivity (Wildman–Crippen MR) is 83.0 cm³/mol. The summed E-state index contributed by atoms with van der Waals surface area (Å²) in [7, 11) is 0. The molecule has 3 nitrogen and oxygen atoms in total. The van der Waals surface area contributed by atoms with E-state index in [1.54, 1.807) is 0 Å². The maximum atomic E-state index is 9.09. The van der Waals surface area contributed by atoms with Gasteiger partial charge in [0.25, 0.3) is 0 Å². The lowest BCUT2D eigenvalue weighted by Gasteiger charge is -2.35. The molecule has 2 heterocycles. The average Bonchev–Trinajstić information content (AvgIpc) is 3.01. The van der Waals surface area contributed by atoms with Gasteiger partial charge in [0.1, 0.15) is 0 Å². The maximum absolute atomic E-state index is 9.09. The number of rotatable bonds is 4. The molecule has 3 heteroatoms. The van der Waals surface area contributed by atoms with Gasteiger partial charge in [-0.05, 0) is 62.4 Å². The van der Waals surface area contributed by atoms with Gasteiger partial charge >= 0.3 is 0 Å². The first kappa shape index (κ1) is 13.9. The van der Waals surface area contributed by atoms with E-state index in [-0.39, 0.29) is 6.61 Å². The topological polar surface area (TPSA) is 26.7 Å². The number of anilines is 1. The summed E-state index contributed by atoms with van der Waals surface area (Å²) in [6.07, 6.45) is 5.43. The zero-order valence-electron chi connectivity index (χ0n) is 12.3. The van der Waals surface area contributed by atoms with Crippen LogP contribution in [0.3, 0.4) is 0 Å². The lowest BCUT2D eigenvalue weighted by atomic mass is 9.96. The van der Waals surface area contributed by atoms with Crippen molar-refractivity contribution in [3.05, 3.63) is 29.8 Å². The Morgan fingerprint density at radius 1 is 0.950 bits per heavy atom. The standard InChI is InChI=1S/C17H26N2O/c20-14-16-3-5-17(6-4-16)19-11-7-15(8-12-19)13-18-9-1-2-10-18/h3-6,15,20H,1-2,7-14H2. The summed E-state index contributed by atoms with van der Waals surface area (Å²) < 4.78 is 0. The quantitative estimate of drug-likeness (QED) is 0.914. The largest absolute Gasteiger partial charge is 0.392 e. The molecule has 0 bridgehead atoms. The van der Waals surface area contributed by atoms with Gasteiger partial charge in [-0.3, -0.25) is 0 Å². The molecule has 110 valence electrons. The van der Waals surface area contributed by atoms with Crippen LogP contribution in [0.1, 0.15) is 31.2 Å². The molecule has 0 atom stereocenters. The van der Waals surface area contributed by atoms with Gasteiger partial charge in [-0.1, -0.05) is 12.1 Å². The van der Waals surface area contributed by atoms with Crippen LogP contribution in [0.25, 0.3) is 0 Å². The summed E-state index contributed by atoms with van der Waals surface area (Å²) in [5, 5.41) is 9.09. The minimum Gasteiger partial charge on any atom is -0.392 e. The van der Waals surface area contributed by atoms with Crippen LogP contribution in [-0.4, -0.2) is 42.7 Å². The van der Waals surface area contributed by atoms with E-state index in [1.165, 1.54) is 64.1 Å². The van der Waals surface area contributed by atoms with E-state index < -0.39 is 0 Å². The Morgan fingerprint density at radius 2 is 1.60 bits per heavy atom. The van der Waals surface area contributed by atoms with Crippen LogP contribution in [0.15, 0.2) is 24.3 Å². The molecule has 20 heavy (non-hydrogen) atoms. The molecule has 2 fully saturated rings. The Bertz CT molecular complexity index is 404. The molecule has 2 aliphatic heterocycles. The van der Waals surface area contributed by atoms with E-state index in [1.807, 2.05) is 12.1 Å². The van der Waals surface area contributed by atoms with E-state index in [0.717, 1.165) is 11.5 Å². The molecule has 0 unspecified atom stereocenters. The van der Waals surface area contributed by atoms with Gasteiger partial charge in [0, 0.05) is 25.3 Å². The highest BCUT2D eigenvalue weighted by Gasteiger charge is 2.22. The Hall–Kier alpha value is -1.06. The molecule has 2 saturated heterocycles. The Labute approximate surface area is 122 Å². The third-order valence-corrected chi connectivity index (χ3v) is 4.81. The van der Waals surface area contributed by atoms with Gasteiger partial charge < -0.3 is 14.9 Å². The number of piperidine rings is 1. The molecule has 0 aliphatic carbocycles. The first-order chi connectivity index (χ1) is 9.85. The lowest BCUT2D eigenvalue weighted by molar-refractivity contribution is 0.249. The zero-order valence-corrected chi connectivity index (χ0v) is 12.3. The number of aliphatic hydroxyl groups excluding tert-OH is 1. The van der Waals surface area contributed by atoms with Gasteiger partial charge in [-0.15, -0.1) is 0 Å². The fraction of sp³-hybridized carbons (Fsp3) is 0.647. The number of nitrogens with zero attached hydrogens (tertiary/aromatic N) is 2. The SMILES string of the molecule is OCc1ccc(N2CCC(CN3CCCC3)CC2)cc1. The summed E-state index contributed by atoms with van der Waals surface area (Å²) >= 11 is 0. The predicted octanol–water partition coefficient (Wildman–Crippen LogP) is 2.49. The first-order valence-electron chi connectivity index (χ1n) is 8.02. The van der Waals surface area contributed by atoms with E-state index in [2.05, 4.69) is 21.9 Å². The van der Waals surface area contributed by atoms with Crippen LogP contribution in [0.5, 0.6) is 0 Å². The zero-order chi connectivity index (χ0) is 13.8. The first-order valence-corrected chi connectivity index (χ1v) is 8.02. The van der Waals surface area contributed by atoms with E-state index >= 15 is 0 Å². The maximum Gasteiger partial charge on any atom is 0.0681 e. The van der Waals surface area contributed by atoms with Crippen molar-refractivity contribution >= 4 is 5.69 Å². The van der Waals surface area contributed by atoms with Crippen LogP contribution < -0.4 is 4.90 Å². The molecular weight excluding hydrogens is 248 g/mol. The molecule has 0 spiro atoms. The van der Waals surface area contributed by atoms with Gasteiger partial charge in [0.15, 0.2) is 0 Å². The van der Waals surface area contributed by atoms with Crippen molar-refractivity contribution < 1.29 is 5.11 Å². The van der Waals surface area contributed by atoms with Crippen molar-refractivity contribution in [3.8, 4) is 0 Å². The van der Waals surface area contributed by atoms with Crippen molar-refractivity contribution in [3.63, 3.8) is 0 Å². The average molecular weight is 274 g/mol. The smallest absolute Gasteiger partial charge is 0.0681 e. The Kier molecular flexibility index (Phi) is 4.58. The molecule has 1 aromatic rings. The molecule has 0 radical (unpaired) electrons. The summed E-state index contributed by atoms with van der Waals surface area (Å²) in [5.74, 6) is 0.890. The number of likely N-dealkylation sites (tertiary alicyclic amines) is 1. The summed E-state index contributed by atoms with van der Waals surface area (Å²) in [5.41, 5.74) is 2.31. The normalized spacial score (nSPS) is 21.6. The molecule has 3 rings (SSSR count). The van der Waals surface area contributed by atoms with Crippen molar-refractivity contribution in [1.29, 1.82) is 0 Å². The van der Waals surface area contributed by atoms with Gasteiger partial charge in [-0.2, -0.15) is 0 Å². The fourth-order valence-electron chi connectivity index (χ4n) is 3.52.